The quantitative estimate of drug-likeness (QED) is 0.326. The van der Waals surface area contributed by atoms with Crippen LogP contribution in [0.2, 0.25) is 0 Å². The first-order valence-electron chi connectivity index (χ1n) is 9.73. The number of primary amides is 1. The van der Waals surface area contributed by atoms with Crippen molar-refractivity contribution < 1.29 is 23.9 Å². The Morgan fingerprint density at radius 1 is 1.00 bits per heavy atom. The number of carbonyl (C=O) groups is 4. The molecule has 1 aromatic carbocycles. The SMILES string of the molecule is CC(C)=CC(=O)Nc1scc(-c2ccccc2)c1C(=O)OCC(=O)Nc1sccc1C(N)=O. The molecule has 8 nitrogen and oxygen atoms in total. The second kappa shape index (κ2) is 10.7. The van der Waals surface area contributed by atoms with Gasteiger partial charge in [-0.25, -0.2) is 4.79 Å². The van der Waals surface area contributed by atoms with Crippen LogP contribution in [0.4, 0.5) is 10.0 Å². The smallest absolute Gasteiger partial charge is 0.342 e. The molecule has 2 aromatic heterocycles. The molecule has 0 saturated carbocycles. The fourth-order valence-corrected chi connectivity index (χ4v) is 4.63. The Morgan fingerprint density at radius 2 is 1.73 bits per heavy atom. The lowest BCUT2D eigenvalue weighted by Crippen LogP contribution is -2.22. The van der Waals surface area contributed by atoms with Crippen LogP contribution in [-0.4, -0.2) is 30.3 Å². The Morgan fingerprint density at radius 3 is 2.39 bits per heavy atom. The van der Waals surface area contributed by atoms with Gasteiger partial charge in [-0.1, -0.05) is 35.9 Å². The maximum Gasteiger partial charge on any atom is 0.342 e. The van der Waals surface area contributed by atoms with Crippen molar-refractivity contribution in [3.05, 3.63) is 69.9 Å². The summed E-state index contributed by atoms with van der Waals surface area (Å²) in [6.07, 6.45) is 1.42. The molecule has 0 radical (unpaired) electrons. The third kappa shape index (κ3) is 6.15. The van der Waals surface area contributed by atoms with Crippen LogP contribution in [-0.2, 0) is 14.3 Å². The Hall–Kier alpha value is -3.76. The summed E-state index contributed by atoms with van der Waals surface area (Å²) in [6.45, 7) is 2.99. The standard InChI is InChI=1S/C23H21N3O5S2/c1-13(2)10-17(27)25-22-19(16(12-33-22)14-6-4-3-5-7-14)23(30)31-11-18(28)26-21-15(20(24)29)8-9-32-21/h3-10,12H,11H2,1-2H3,(H2,24,29)(H,25,27)(H,26,28). The highest BCUT2D eigenvalue weighted by molar-refractivity contribution is 7.15. The number of nitrogens with one attached hydrogen (secondary N) is 2. The van der Waals surface area contributed by atoms with E-state index in [0.717, 1.165) is 22.5 Å². The van der Waals surface area contributed by atoms with Crippen LogP contribution in [0.15, 0.2) is 58.8 Å². The Balaban J connectivity index is 1.80. The normalized spacial score (nSPS) is 10.2. The van der Waals surface area contributed by atoms with Gasteiger partial charge in [-0.3, -0.25) is 14.4 Å². The molecular formula is C23H21N3O5S2. The van der Waals surface area contributed by atoms with Gasteiger partial charge in [0.25, 0.3) is 11.8 Å². The van der Waals surface area contributed by atoms with Crippen molar-refractivity contribution in [2.45, 2.75) is 13.8 Å². The lowest BCUT2D eigenvalue weighted by atomic mass is 10.0. The van der Waals surface area contributed by atoms with Gasteiger partial charge >= 0.3 is 5.97 Å². The molecule has 0 aliphatic rings. The number of ether oxygens (including phenoxy) is 1. The molecule has 4 N–H and O–H groups in total. The molecule has 0 bridgehead atoms. The van der Waals surface area contributed by atoms with Gasteiger partial charge < -0.3 is 21.1 Å². The predicted octanol–water partition coefficient (Wildman–Crippen LogP) is 4.28. The summed E-state index contributed by atoms with van der Waals surface area (Å²) in [5, 5.41) is 9.17. The summed E-state index contributed by atoms with van der Waals surface area (Å²) >= 11 is 2.31. The first-order valence-corrected chi connectivity index (χ1v) is 11.5. The minimum atomic E-state index is -0.765. The van der Waals surface area contributed by atoms with Crippen molar-refractivity contribution in [2.24, 2.45) is 5.73 Å². The fourth-order valence-electron chi connectivity index (χ4n) is 2.86. The van der Waals surface area contributed by atoms with E-state index in [4.69, 9.17) is 10.5 Å². The average Bonchev–Trinajstić information content (AvgIpc) is 3.39. The van der Waals surface area contributed by atoms with E-state index >= 15 is 0 Å². The van der Waals surface area contributed by atoms with Crippen LogP contribution in [0, 0.1) is 0 Å². The molecule has 170 valence electrons. The third-order valence-electron chi connectivity index (χ3n) is 4.25. The largest absolute Gasteiger partial charge is 0.452 e. The van der Waals surface area contributed by atoms with Gasteiger partial charge in [0.05, 0.1) is 5.56 Å². The van der Waals surface area contributed by atoms with Crippen LogP contribution in [0.1, 0.15) is 34.6 Å². The van der Waals surface area contributed by atoms with Gasteiger partial charge in [-0.2, -0.15) is 0 Å². The van der Waals surface area contributed by atoms with Gasteiger partial charge in [0.15, 0.2) is 6.61 Å². The summed E-state index contributed by atoms with van der Waals surface area (Å²) in [4.78, 5) is 48.9. The molecule has 0 saturated heterocycles. The number of nitrogens with two attached hydrogens (primary N) is 1. The van der Waals surface area contributed by atoms with E-state index in [9.17, 15) is 19.2 Å². The Kier molecular flexibility index (Phi) is 7.75. The molecule has 33 heavy (non-hydrogen) atoms. The highest BCUT2D eigenvalue weighted by Gasteiger charge is 2.24. The molecule has 0 aliphatic carbocycles. The van der Waals surface area contributed by atoms with Crippen LogP contribution in [0.3, 0.4) is 0 Å². The average molecular weight is 484 g/mol. The zero-order valence-electron chi connectivity index (χ0n) is 17.8. The van der Waals surface area contributed by atoms with Gasteiger partial charge in [-0.15, -0.1) is 22.7 Å². The van der Waals surface area contributed by atoms with E-state index in [2.05, 4.69) is 10.6 Å². The number of thiophene rings is 2. The number of benzene rings is 1. The van der Waals surface area contributed by atoms with Crippen molar-refractivity contribution in [1.29, 1.82) is 0 Å². The number of anilines is 2. The number of amides is 3. The van der Waals surface area contributed by atoms with E-state index in [1.165, 1.54) is 23.5 Å². The number of hydrogen-bond donors (Lipinski definition) is 3. The Bertz CT molecular complexity index is 1220. The molecule has 3 amide bonds. The first kappa shape index (κ1) is 23.9. The second-order valence-corrected chi connectivity index (χ2v) is 8.88. The lowest BCUT2D eigenvalue weighted by Gasteiger charge is -2.10. The first-order chi connectivity index (χ1) is 15.8. The minimum Gasteiger partial charge on any atom is -0.452 e. The van der Waals surface area contributed by atoms with Crippen LogP contribution >= 0.6 is 22.7 Å². The van der Waals surface area contributed by atoms with Crippen molar-refractivity contribution >= 4 is 56.4 Å². The lowest BCUT2D eigenvalue weighted by molar-refractivity contribution is -0.119. The third-order valence-corrected chi connectivity index (χ3v) is 5.98. The predicted molar refractivity (Wildman–Crippen MR) is 130 cm³/mol. The van der Waals surface area contributed by atoms with Crippen molar-refractivity contribution in [3.8, 4) is 11.1 Å². The van der Waals surface area contributed by atoms with E-state index in [1.54, 1.807) is 24.6 Å². The number of allylic oxidation sites excluding steroid dienone is 1. The van der Waals surface area contributed by atoms with Gasteiger partial charge in [0.2, 0.25) is 5.91 Å². The fraction of sp³-hybridized carbons (Fsp3) is 0.130. The van der Waals surface area contributed by atoms with Gasteiger partial charge in [0, 0.05) is 17.0 Å². The summed E-state index contributed by atoms with van der Waals surface area (Å²) in [7, 11) is 0. The number of carbonyl (C=O) groups excluding carboxylic acids is 4. The maximum absolute atomic E-state index is 13.0. The maximum atomic E-state index is 13.0. The minimum absolute atomic E-state index is 0.156. The monoisotopic (exact) mass is 483 g/mol. The van der Waals surface area contributed by atoms with Crippen molar-refractivity contribution in [2.75, 3.05) is 17.2 Å². The van der Waals surface area contributed by atoms with E-state index in [0.29, 0.717) is 10.6 Å². The summed E-state index contributed by atoms with van der Waals surface area (Å²) < 4.78 is 5.24. The number of hydrogen-bond acceptors (Lipinski definition) is 7. The molecule has 0 fully saturated rings. The molecule has 2 heterocycles. The van der Waals surface area contributed by atoms with Gasteiger partial charge in [-0.05, 0) is 30.9 Å². The number of rotatable bonds is 8. The van der Waals surface area contributed by atoms with Gasteiger partial charge in [0.1, 0.15) is 15.6 Å². The Labute approximate surface area is 198 Å². The molecule has 0 atom stereocenters. The van der Waals surface area contributed by atoms with E-state index in [-0.39, 0.29) is 22.0 Å². The van der Waals surface area contributed by atoms with E-state index < -0.39 is 24.4 Å². The van der Waals surface area contributed by atoms with Crippen LogP contribution in [0.5, 0.6) is 0 Å². The van der Waals surface area contributed by atoms with Crippen molar-refractivity contribution in [3.63, 3.8) is 0 Å². The number of esters is 1. The summed E-state index contributed by atoms with van der Waals surface area (Å²) in [6, 6.07) is 10.7. The molecule has 3 aromatic rings. The molecule has 3 rings (SSSR count). The highest BCUT2D eigenvalue weighted by Crippen LogP contribution is 2.36. The topological polar surface area (TPSA) is 128 Å². The molecular weight excluding hydrogens is 462 g/mol. The summed E-state index contributed by atoms with van der Waals surface area (Å²) in [5.74, 6) is -2.44. The summed E-state index contributed by atoms with van der Waals surface area (Å²) in [5.41, 5.74) is 7.74. The second-order valence-electron chi connectivity index (χ2n) is 7.08. The van der Waals surface area contributed by atoms with Crippen molar-refractivity contribution in [1.82, 2.24) is 0 Å². The van der Waals surface area contributed by atoms with E-state index in [1.807, 2.05) is 30.3 Å². The molecule has 10 heteroatoms. The highest BCUT2D eigenvalue weighted by atomic mass is 32.1. The molecule has 0 aliphatic heterocycles. The zero-order valence-corrected chi connectivity index (χ0v) is 19.5. The van der Waals surface area contributed by atoms with Crippen LogP contribution < -0.4 is 16.4 Å². The molecule has 0 spiro atoms. The van der Waals surface area contributed by atoms with Crippen LogP contribution in [0.25, 0.3) is 11.1 Å². The molecule has 0 unspecified atom stereocenters. The zero-order chi connectivity index (χ0) is 24.0.